The third kappa shape index (κ3) is 2.03. The molecule has 0 atom stereocenters. The maximum Gasteiger partial charge on any atom is 0.218 e. The topological polar surface area (TPSA) is 18.5 Å². The van der Waals surface area contributed by atoms with Crippen molar-refractivity contribution in [2.24, 2.45) is 0 Å². The average Bonchev–Trinajstić information content (AvgIpc) is 2.34. The third-order valence-electron chi connectivity index (χ3n) is 0.754. The summed E-state index contributed by atoms with van der Waals surface area (Å²) in [6, 6.07) is 3.78. The van der Waals surface area contributed by atoms with Gasteiger partial charge in [-0.3, -0.25) is 0 Å². The summed E-state index contributed by atoms with van der Waals surface area (Å²) in [6.07, 6.45) is 0. The molecule has 0 saturated carbocycles. The van der Waals surface area contributed by atoms with Gasteiger partial charge < -0.3 is 4.89 Å². The predicted molar refractivity (Wildman–Crippen MR) is 36.6 cm³/mol. The maximum atomic E-state index is 4.81. The van der Waals surface area contributed by atoms with Crippen molar-refractivity contribution < 1.29 is 9.78 Å². The number of hydrogen-bond donors (Lipinski definition) is 0. The van der Waals surface area contributed by atoms with Gasteiger partial charge in [0.25, 0.3) is 0 Å². The van der Waals surface area contributed by atoms with Gasteiger partial charge >= 0.3 is 0 Å². The fourth-order valence-electron chi connectivity index (χ4n) is 0.428. The van der Waals surface area contributed by atoms with Gasteiger partial charge in [0.2, 0.25) is 5.06 Å². The first kappa shape index (κ1) is 6.58. The summed E-state index contributed by atoms with van der Waals surface area (Å²) < 4.78 is 0. The monoisotopic (exact) mass is 144 g/mol. The van der Waals surface area contributed by atoms with Crippen LogP contribution in [0.1, 0.15) is 6.92 Å². The summed E-state index contributed by atoms with van der Waals surface area (Å²) in [5, 5.41) is 2.74. The molecule has 2 nitrogen and oxygen atoms in total. The van der Waals surface area contributed by atoms with E-state index in [4.69, 9.17) is 4.89 Å². The number of rotatable bonds is 3. The molecular formula is C6H8O2S. The Morgan fingerprint density at radius 2 is 2.56 bits per heavy atom. The van der Waals surface area contributed by atoms with Crippen molar-refractivity contribution in [2.75, 3.05) is 6.61 Å². The van der Waals surface area contributed by atoms with Gasteiger partial charge in [-0.1, -0.05) is 0 Å². The molecule has 1 aromatic rings. The van der Waals surface area contributed by atoms with Crippen molar-refractivity contribution in [1.82, 2.24) is 0 Å². The van der Waals surface area contributed by atoms with E-state index < -0.39 is 0 Å². The van der Waals surface area contributed by atoms with Crippen LogP contribution in [-0.2, 0) is 4.89 Å². The van der Waals surface area contributed by atoms with Gasteiger partial charge in [0, 0.05) is 0 Å². The van der Waals surface area contributed by atoms with E-state index in [1.807, 2.05) is 24.4 Å². The molecular weight excluding hydrogens is 136 g/mol. The highest BCUT2D eigenvalue weighted by Gasteiger charge is 1.90. The van der Waals surface area contributed by atoms with E-state index in [9.17, 15) is 0 Å². The van der Waals surface area contributed by atoms with Gasteiger partial charge in [0.1, 0.15) is 0 Å². The van der Waals surface area contributed by atoms with E-state index in [1.165, 1.54) is 11.3 Å². The first-order chi connectivity index (χ1) is 4.43. The Morgan fingerprint density at radius 1 is 1.67 bits per heavy atom. The van der Waals surface area contributed by atoms with Crippen LogP contribution in [0.15, 0.2) is 17.5 Å². The molecule has 1 heterocycles. The number of thiophene rings is 1. The van der Waals surface area contributed by atoms with E-state index in [1.54, 1.807) is 0 Å². The van der Waals surface area contributed by atoms with Gasteiger partial charge in [-0.15, -0.1) is 11.3 Å². The van der Waals surface area contributed by atoms with E-state index in [0.717, 1.165) is 5.06 Å². The van der Waals surface area contributed by atoms with Crippen LogP contribution in [0.3, 0.4) is 0 Å². The lowest BCUT2D eigenvalue weighted by Crippen LogP contribution is -1.92. The van der Waals surface area contributed by atoms with Crippen molar-refractivity contribution in [1.29, 1.82) is 0 Å². The lowest BCUT2D eigenvalue weighted by Gasteiger charge is -1.95. The highest BCUT2D eigenvalue weighted by atomic mass is 32.1. The fourth-order valence-corrected chi connectivity index (χ4v) is 0.964. The molecule has 0 fully saturated rings. The van der Waals surface area contributed by atoms with Gasteiger partial charge in [0.15, 0.2) is 0 Å². The normalized spacial score (nSPS) is 9.44. The molecule has 0 radical (unpaired) electrons. The molecule has 0 aliphatic carbocycles. The Kier molecular flexibility index (Phi) is 2.54. The molecule has 0 amide bonds. The molecule has 0 aliphatic heterocycles. The molecule has 0 aromatic carbocycles. The maximum absolute atomic E-state index is 4.81. The van der Waals surface area contributed by atoms with Crippen molar-refractivity contribution in [2.45, 2.75) is 6.92 Å². The Balaban J connectivity index is 2.30. The smallest absolute Gasteiger partial charge is 0.218 e. The summed E-state index contributed by atoms with van der Waals surface area (Å²) in [5.41, 5.74) is 0. The second kappa shape index (κ2) is 3.48. The van der Waals surface area contributed by atoms with E-state index >= 15 is 0 Å². The molecule has 0 aliphatic rings. The van der Waals surface area contributed by atoms with Gasteiger partial charge in [0.05, 0.1) is 6.61 Å². The van der Waals surface area contributed by atoms with E-state index in [-0.39, 0.29) is 0 Å². The van der Waals surface area contributed by atoms with Crippen LogP contribution in [0.2, 0.25) is 0 Å². The summed E-state index contributed by atoms with van der Waals surface area (Å²) in [6.45, 7) is 2.46. The first-order valence-corrected chi connectivity index (χ1v) is 3.64. The molecule has 3 heteroatoms. The van der Waals surface area contributed by atoms with Gasteiger partial charge in [-0.2, -0.15) is 4.89 Å². The molecule has 0 bridgehead atoms. The predicted octanol–water partition coefficient (Wildman–Crippen LogP) is 2.08. The Hall–Kier alpha value is -0.540. The Morgan fingerprint density at radius 3 is 3.11 bits per heavy atom. The molecule has 0 unspecified atom stereocenters. The average molecular weight is 144 g/mol. The molecule has 0 spiro atoms. The third-order valence-corrected chi connectivity index (χ3v) is 1.48. The highest BCUT2D eigenvalue weighted by Crippen LogP contribution is 2.17. The second-order valence-electron chi connectivity index (χ2n) is 1.42. The minimum Gasteiger partial charge on any atom is -0.326 e. The van der Waals surface area contributed by atoms with Crippen LogP contribution in [0.25, 0.3) is 0 Å². The molecule has 1 rings (SSSR count). The van der Waals surface area contributed by atoms with Gasteiger partial charge in [-0.25, -0.2) is 0 Å². The first-order valence-electron chi connectivity index (χ1n) is 2.76. The van der Waals surface area contributed by atoms with E-state index in [0.29, 0.717) is 6.61 Å². The molecule has 50 valence electrons. The van der Waals surface area contributed by atoms with E-state index in [2.05, 4.69) is 4.89 Å². The molecule has 0 N–H and O–H groups in total. The largest absolute Gasteiger partial charge is 0.326 e. The van der Waals surface area contributed by atoms with Crippen LogP contribution in [0.5, 0.6) is 5.06 Å². The minimum atomic E-state index is 0.581. The van der Waals surface area contributed by atoms with Crippen LogP contribution >= 0.6 is 11.3 Å². The van der Waals surface area contributed by atoms with Crippen molar-refractivity contribution in [3.05, 3.63) is 17.5 Å². The van der Waals surface area contributed by atoms with Gasteiger partial charge in [-0.05, 0) is 24.4 Å². The summed E-state index contributed by atoms with van der Waals surface area (Å²) in [7, 11) is 0. The van der Waals surface area contributed by atoms with Crippen LogP contribution in [-0.4, -0.2) is 6.61 Å². The number of hydrogen-bond acceptors (Lipinski definition) is 3. The molecule has 1 aromatic heterocycles. The minimum absolute atomic E-state index is 0.581. The summed E-state index contributed by atoms with van der Waals surface area (Å²) in [5.74, 6) is 0. The van der Waals surface area contributed by atoms with Crippen molar-refractivity contribution in [3.63, 3.8) is 0 Å². The van der Waals surface area contributed by atoms with Crippen LogP contribution in [0.4, 0.5) is 0 Å². The quantitative estimate of drug-likeness (QED) is 0.477. The lowest BCUT2D eigenvalue weighted by molar-refractivity contribution is -0.199. The zero-order valence-electron chi connectivity index (χ0n) is 5.16. The lowest BCUT2D eigenvalue weighted by atomic mass is 10.7. The van der Waals surface area contributed by atoms with Crippen LogP contribution < -0.4 is 4.89 Å². The highest BCUT2D eigenvalue weighted by molar-refractivity contribution is 7.11. The van der Waals surface area contributed by atoms with Crippen molar-refractivity contribution in [3.8, 4) is 5.06 Å². The van der Waals surface area contributed by atoms with Crippen molar-refractivity contribution >= 4 is 11.3 Å². The van der Waals surface area contributed by atoms with Crippen LogP contribution in [0, 0.1) is 0 Å². The Bertz CT molecular complexity index is 148. The zero-order chi connectivity index (χ0) is 6.53. The summed E-state index contributed by atoms with van der Waals surface area (Å²) >= 11 is 1.52. The zero-order valence-corrected chi connectivity index (χ0v) is 5.98. The Labute approximate surface area is 58.0 Å². The second-order valence-corrected chi connectivity index (χ2v) is 2.33. The fraction of sp³-hybridized carbons (Fsp3) is 0.333. The standard InChI is InChI=1S/C6H8O2S/c1-2-7-8-6-4-3-5-9-6/h3-5H,2H2,1H3. The molecule has 9 heavy (non-hydrogen) atoms. The molecule has 0 saturated heterocycles. The summed E-state index contributed by atoms with van der Waals surface area (Å²) in [4.78, 5) is 9.50. The SMILES string of the molecule is CCOOc1cccs1.